The second-order valence-electron chi connectivity index (χ2n) is 4.72. The molecule has 2 rings (SSSR count). The summed E-state index contributed by atoms with van der Waals surface area (Å²) in [7, 11) is 2.17. The van der Waals surface area contributed by atoms with Crippen molar-refractivity contribution in [3.63, 3.8) is 0 Å². The third kappa shape index (κ3) is 2.56. The van der Waals surface area contributed by atoms with Gasteiger partial charge in [0.1, 0.15) is 0 Å². The molecule has 1 aromatic rings. The number of nitrogens with two attached hydrogens (primary N) is 1. The van der Waals surface area contributed by atoms with Crippen LogP contribution < -0.4 is 10.6 Å². The van der Waals surface area contributed by atoms with Gasteiger partial charge in [0.05, 0.1) is 0 Å². The SMILES string of the molecule is CN(CCCCN)c1ccc2c(c1)CCC2. The van der Waals surface area contributed by atoms with Crippen molar-refractivity contribution in [2.24, 2.45) is 5.73 Å². The first kappa shape index (κ1) is 11.5. The molecule has 0 bridgehead atoms. The number of hydrogen-bond donors (Lipinski definition) is 1. The number of hydrogen-bond acceptors (Lipinski definition) is 2. The van der Waals surface area contributed by atoms with E-state index in [4.69, 9.17) is 5.73 Å². The Bertz CT molecular complexity index is 347. The minimum absolute atomic E-state index is 0.804. The van der Waals surface area contributed by atoms with Crippen LogP contribution in [0.2, 0.25) is 0 Å². The maximum atomic E-state index is 5.51. The third-order valence-corrected chi connectivity index (χ3v) is 3.47. The van der Waals surface area contributed by atoms with Gasteiger partial charge in [-0.15, -0.1) is 0 Å². The molecule has 0 fully saturated rings. The van der Waals surface area contributed by atoms with E-state index in [1.807, 2.05) is 0 Å². The van der Waals surface area contributed by atoms with Crippen LogP contribution in [0, 0.1) is 0 Å². The monoisotopic (exact) mass is 218 g/mol. The first-order valence-electron chi connectivity index (χ1n) is 6.34. The van der Waals surface area contributed by atoms with Crippen molar-refractivity contribution in [2.45, 2.75) is 32.1 Å². The molecule has 2 N–H and O–H groups in total. The maximum Gasteiger partial charge on any atom is 0.0366 e. The summed E-state index contributed by atoms with van der Waals surface area (Å²) in [4.78, 5) is 2.34. The van der Waals surface area contributed by atoms with Crippen LogP contribution in [0.15, 0.2) is 18.2 Å². The van der Waals surface area contributed by atoms with Gasteiger partial charge in [0.15, 0.2) is 0 Å². The minimum Gasteiger partial charge on any atom is -0.375 e. The lowest BCUT2D eigenvalue weighted by molar-refractivity contribution is 0.728. The van der Waals surface area contributed by atoms with E-state index in [0.717, 1.165) is 19.5 Å². The van der Waals surface area contributed by atoms with Gasteiger partial charge in [0, 0.05) is 19.3 Å². The molecule has 1 aliphatic carbocycles. The van der Waals surface area contributed by atoms with Crippen molar-refractivity contribution in [1.29, 1.82) is 0 Å². The molecule has 0 amide bonds. The predicted molar refractivity (Wildman–Crippen MR) is 70.0 cm³/mol. The Balaban J connectivity index is 1.98. The van der Waals surface area contributed by atoms with E-state index in [1.165, 1.54) is 31.4 Å². The van der Waals surface area contributed by atoms with Crippen LogP contribution in [0.4, 0.5) is 5.69 Å². The smallest absolute Gasteiger partial charge is 0.0366 e. The summed E-state index contributed by atoms with van der Waals surface area (Å²) in [6, 6.07) is 6.93. The molecule has 1 aliphatic rings. The first-order chi connectivity index (χ1) is 7.81. The molecule has 0 spiro atoms. The summed E-state index contributed by atoms with van der Waals surface area (Å²) in [5.74, 6) is 0. The number of nitrogens with zero attached hydrogens (tertiary/aromatic N) is 1. The quantitative estimate of drug-likeness (QED) is 0.769. The van der Waals surface area contributed by atoms with E-state index < -0.39 is 0 Å². The van der Waals surface area contributed by atoms with Gasteiger partial charge in [0.2, 0.25) is 0 Å². The average molecular weight is 218 g/mol. The Kier molecular flexibility index (Phi) is 3.83. The number of aryl methyl sites for hydroxylation is 2. The van der Waals surface area contributed by atoms with Crippen molar-refractivity contribution < 1.29 is 0 Å². The van der Waals surface area contributed by atoms with Crippen molar-refractivity contribution in [1.82, 2.24) is 0 Å². The van der Waals surface area contributed by atoms with Gasteiger partial charge in [-0.1, -0.05) is 6.07 Å². The maximum absolute atomic E-state index is 5.51. The van der Waals surface area contributed by atoms with E-state index >= 15 is 0 Å². The van der Waals surface area contributed by atoms with Gasteiger partial charge >= 0.3 is 0 Å². The molecule has 0 aromatic heterocycles. The molecule has 0 saturated heterocycles. The standard InChI is InChI=1S/C14H22N2/c1-16(10-3-2-9-15)14-8-7-12-5-4-6-13(12)11-14/h7-8,11H,2-6,9-10,15H2,1H3. The molecule has 0 unspecified atom stereocenters. The van der Waals surface area contributed by atoms with Crippen molar-refractivity contribution in [3.8, 4) is 0 Å². The van der Waals surface area contributed by atoms with E-state index in [2.05, 4.69) is 30.1 Å². The lowest BCUT2D eigenvalue weighted by Gasteiger charge is -2.20. The Morgan fingerprint density at radius 2 is 2.00 bits per heavy atom. The van der Waals surface area contributed by atoms with Gasteiger partial charge in [-0.2, -0.15) is 0 Å². The summed E-state index contributed by atoms with van der Waals surface area (Å²) in [5, 5.41) is 0. The first-order valence-corrected chi connectivity index (χ1v) is 6.34. The second kappa shape index (κ2) is 5.35. The number of fused-ring (bicyclic) bond motifs is 1. The zero-order valence-corrected chi connectivity index (χ0v) is 10.2. The summed E-state index contributed by atoms with van der Waals surface area (Å²) in [5.41, 5.74) is 9.98. The average Bonchev–Trinajstić information content (AvgIpc) is 2.76. The Hall–Kier alpha value is -1.02. The second-order valence-corrected chi connectivity index (χ2v) is 4.72. The highest BCUT2D eigenvalue weighted by molar-refractivity contribution is 5.51. The third-order valence-electron chi connectivity index (χ3n) is 3.47. The number of unbranched alkanes of at least 4 members (excludes halogenated alkanes) is 1. The molecule has 0 heterocycles. The lowest BCUT2D eigenvalue weighted by Crippen LogP contribution is -2.19. The molecule has 0 aliphatic heterocycles. The van der Waals surface area contributed by atoms with E-state index in [9.17, 15) is 0 Å². The Morgan fingerprint density at radius 1 is 1.19 bits per heavy atom. The van der Waals surface area contributed by atoms with E-state index in [0.29, 0.717) is 0 Å². The van der Waals surface area contributed by atoms with Gasteiger partial charge < -0.3 is 10.6 Å². The number of benzene rings is 1. The molecule has 88 valence electrons. The number of anilines is 1. The molecule has 0 atom stereocenters. The molecule has 0 saturated carbocycles. The van der Waals surface area contributed by atoms with Crippen molar-refractivity contribution >= 4 is 5.69 Å². The fourth-order valence-corrected chi connectivity index (χ4v) is 2.42. The summed E-state index contributed by atoms with van der Waals surface area (Å²) in [6.07, 6.45) is 6.17. The van der Waals surface area contributed by atoms with Gasteiger partial charge in [-0.25, -0.2) is 0 Å². The fourth-order valence-electron chi connectivity index (χ4n) is 2.42. The summed E-state index contributed by atoms with van der Waals surface area (Å²) < 4.78 is 0. The molecule has 0 radical (unpaired) electrons. The van der Waals surface area contributed by atoms with Crippen LogP contribution in [-0.2, 0) is 12.8 Å². The molecule has 16 heavy (non-hydrogen) atoms. The molecular weight excluding hydrogens is 196 g/mol. The van der Waals surface area contributed by atoms with Crippen molar-refractivity contribution in [3.05, 3.63) is 29.3 Å². The van der Waals surface area contributed by atoms with E-state index in [1.54, 1.807) is 11.1 Å². The van der Waals surface area contributed by atoms with Gasteiger partial charge in [-0.3, -0.25) is 0 Å². The number of rotatable bonds is 5. The molecule has 2 nitrogen and oxygen atoms in total. The summed E-state index contributed by atoms with van der Waals surface area (Å²) >= 11 is 0. The highest BCUT2D eigenvalue weighted by Crippen LogP contribution is 2.26. The van der Waals surface area contributed by atoms with Crippen LogP contribution >= 0.6 is 0 Å². The Morgan fingerprint density at radius 3 is 2.81 bits per heavy atom. The normalized spacial score (nSPS) is 13.9. The summed E-state index contributed by atoms with van der Waals surface area (Å²) in [6.45, 7) is 1.91. The van der Waals surface area contributed by atoms with Crippen LogP contribution in [-0.4, -0.2) is 20.1 Å². The Labute approximate surface area is 98.4 Å². The zero-order valence-electron chi connectivity index (χ0n) is 10.2. The van der Waals surface area contributed by atoms with Crippen molar-refractivity contribution in [2.75, 3.05) is 25.0 Å². The highest BCUT2D eigenvalue weighted by atomic mass is 15.1. The largest absolute Gasteiger partial charge is 0.375 e. The fraction of sp³-hybridized carbons (Fsp3) is 0.571. The van der Waals surface area contributed by atoms with Crippen LogP contribution in [0.5, 0.6) is 0 Å². The molecule has 2 heteroatoms. The minimum atomic E-state index is 0.804. The van der Waals surface area contributed by atoms with Gasteiger partial charge in [0.25, 0.3) is 0 Å². The predicted octanol–water partition coefficient (Wildman–Crippen LogP) is 2.35. The van der Waals surface area contributed by atoms with Crippen LogP contribution in [0.25, 0.3) is 0 Å². The molecule has 1 aromatic carbocycles. The van der Waals surface area contributed by atoms with Gasteiger partial charge in [-0.05, 0) is 61.9 Å². The van der Waals surface area contributed by atoms with Crippen LogP contribution in [0.1, 0.15) is 30.4 Å². The lowest BCUT2D eigenvalue weighted by atomic mass is 10.1. The van der Waals surface area contributed by atoms with Crippen LogP contribution in [0.3, 0.4) is 0 Å². The topological polar surface area (TPSA) is 29.3 Å². The highest BCUT2D eigenvalue weighted by Gasteiger charge is 2.11. The van der Waals surface area contributed by atoms with E-state index in [-0.39, 0.29) is 0 Å². The zero-order chi connectivity index (χ0) is 11.4. The molecular formula is C14H22N2.